The Bertz CT molecular complexity index is 477. The summed E-state index contributed by atoms with van der Waals surface area (Å²) in [4.78, 5) is 11.7. The van der Waals surface area contributed by atoms with Crippen molar-refractivity contribution < 1.29 is 4.79 Å². The van der Waals surface area contributed by atoms with Gasteiger partial charge in [-0.2, -0.15) is 0 Å². The minimum Gasteiger partial charge on any atom is -0.320 e. The van der Waals surface area contributed by atoms with Gasteiger partial charge < -0.3 is 5.73 Å². The average molecular weight is 285 g/mol. The van der Waals surface area contributed by atoms with E-state index in [0.29, 0.717) is 11.6 Å². The second-order valence-electron chi connectivity index (χ2n) is 3.53. The highest BCUT2D eigenvalue weighted by Gasteiger charge is 2.15. The molecule has 0 spiro atoms. The zero-order chi connectivity index (χ0) is 12.1. The number of amides is 1. The molecule has 1 aromatic carbocycles. The maximum atomic E-state index is 11.7. The molecule has 0 aliphatic heterocycles. The maximum Gasteiger partial charge on any atom is 0.243 e. The molecule has 0 unspecified atom stereocenters. The summed E-state index contributed by atoms with van der Waals surface area (Å²) < 4.78 is 0. The van der Waals surface area contributed by atoms with Gasteiger partial charge in [0.2, 0.25) is 11.0 Å². The van der Waals surface area contributed by atoms with Gasteiger partial charge in [0.05, 0.1) is 6.04 Å². The number of carbonyl (C=O) groups excluding carboxylic acids is 1. The molecule has 3 N–H and O–H groups in total. The van der Waals surface area contributed by atoms with Crippen LogP contribution in [0.2, 0.25) is 0 Å². The minimum absolute atomic E-state index is 0. The molecule has 5 nitrogen and oxygen atoms in total. The Balaban J connectivity index is 0.00000162. The Morgan fingerprint density at radius 1 is 1.39 bits per heavy atom. The van der Waals surface area contributed by atoms with Crippen LogP contribution in [-0.2, 0) is 11.2 Å². The van der Waals surface area contributed by atoms with E-state index in [1.54, 1.807) is 5.51 Å². The number of halogens is 1. The number of carbonyl (C=O) groups is 1. The molecule has 96 valence electrons. The van der Waals surface area contributed by atoms with E-state index in [4.69, 9.17) is 5.73 Å². The second-order valence-corrected chi connectivity index (χ2v) is 4.36. The number of nitrogens with zero attached hydrogens (tertiary/aromatic N) is 2. The van der Waals surface area contributed by atoms with Crippen LogP contribution in [0.1, 0.15) is 5.56 Å². The SMILES string of the molecule is Cl.N[C@@H](Cc1ccccc1)C(=O)Nc1nncs1. The van der Waals surface area contributed by atoms with Crippen LogP contribution in [0, 0.1) is 0 Å². The predicted octanol–water partition coefficient (Wildman–Crippen LogP) is 1.47. The Hall–Kier alpha value is -1.50. The van der Waals surface area contributed by atoms with Crippen LogP contribution in [0.15, 0.2) is 35.8 Å². The summed E-state index contributed by atoms with van der Waals surface area (Å²) in [5.74, 6) is -0.245. The average Bonchev–Trinajstić information content (AvgIpc) is 2.83. The summed E-state index contributed by atoms with van der Waals surface area (Å²) in [5, 5.41) is 10.5. The molecule has 1 heterocycles. The molecule has 7 heteroatoms. The molecular formula is C11H13ClN4OS. The zero-order valence-corrected chi connectivity index (χ0v) is 11.1. The molecule has 2 aromatic rings. The summed E-state index contributed by atoms with van der Waals surface area (Å²) in [7, 11) is 0. The van der Waals surface area contributed by atoms with Crippen LogP contribution >= 0.6 is 23.7 Å². The molecule has 0 aliphatic rings. The highest BCUT2D eigenvalue weighted by molar-refractivity contribution is 7.13. The molecular weight excluding hydrogens is 272 g/mol. The third kappa shape index (κ3) is 4.06. The fourth-order valence-electron chi connectivity index (χ4n) is 1.39. The fraction of sp³-hybridized carbons (Fsp3) is 0.182. The summed E-state index contributed by atoms with van der Waals surface area (Å²) in [6, 6.07) is 9.07. The van der Waals surface area contributed by atoms with Crippen molar-refractivity contribution in [2.24, 2.45) is 5.73 Å². The highest BCUT2D eigenvalue weighted by atomic mass is 35.5. The van der Waals surface area contributed by atoms with E-state index in [9.17, 15) is 4.79 Å². The number of rotatable bonds is 4. The van der Waals surface area contributed by atoms with Gasteiger partial charge in [0.1, 0.15) is 5.51 Å². The highest BCUT2D eigenvalue weighted by Crippen LogP contribution is 2.09. The van der Waals surface area contributed by atoms with Crippen LogP contribution in [0.4, 0.5) is 5.13 Å². The number of nitrogens with one attached hydrogen (secondary N) is 1. The van der Waals surface area contributed by atoms with Crippen molar-refractivity contribution in [1.82, 2.24) is 10.2 Å². The third-order valence-corrected chi connectivity index (χ3v) is 2.83. The molecule has 0 saturated carbocycles. The Kier molecular flexibility index (Phi) is 5.70. The quantitative estimate of drug-likeness (QED) is 0.891. The number of hydrogen-bond acceptors (Lipinski definition) is 5. The molecule has 0 saturated heterocycles. The number of nitrogens with two attached hydrogens (primary N) is 1. The number of benzene rings is 1. The molecule has 18 heavy (non-hydrogen) atoms. The lowest BCUT2D eigenvalue weighted by Gasteiger charge is -2.10. The van der Waals surface area contributed by atoms with Crippen molar-refractivity contribution in [2.45, 2.75) is 12.5 Å². The molecule has 0 fully saturated rings. The van der Waals surface area contributed by atoms with Crippen molar-refractivity contribution in [3.8, 4) is 0 Å². The molecule has 0 aliphatic carbocycles. The summed E-state index contributed by atoms with van der Waals surface area (Å²) >= 11 is 1.27. The van der Waals surface area contributed by atoms with Gasteiger partial charge in [-0.3, -0.25) is 10.1 Å². The zero-order valence-electron chi connectivity index (χ0n) is 9.45. The maximum absolute atomic E-state index is 11.7. The first-order valence-corrected chi connectivity index (χ1v) is 6.00. The molecule has 1 atom stereocenters. The first kappa shape index (κ1) is 14.6. The van der Waals surface area contributed by atoms with E-state index in [1.807, 2.05) is 30.3 Å². The van der Waals surface area contributed by atoms with E-state index >= 15 is 0 Å². The number of anilines is 1. The monoisotopic (exact) mass is 284 g/mol. The lowest BCUT2D eigenvalue weighted by atomic mass is 10.1. The lowest BCUT2D eigenvalue weighted by molar-refractivity contribution is -0.117. The molecule has 0 bridgehead atoms. The van der Waals surface area contributed by atoms with Gasteiger partial charge in [0, 0.05) is 0 Å². The molecule has 1 aromatic heterocycles. The Labute approximate surface area is 115 Å². The molecule has 1 amide bonds. The van der Waals surface area contributed by atoms with E-state index in [0.717, 1.165) is 5.56 Å². The van der Waals surface area contributed by atoms with Crippen molar-refractivity contribution in [1.29, 1.82) is 0 Å². The first-order valence-electron chi connectivity index (χ1n) is 5.12. The standard InChI is InChI=1S/C11H12N4OS.ClH/c12-9(6-8-4-2-1-3-5-8)10(16)14-11-15-13-7-17-11;/h1-5,7,9H,6,12H2,(H,14,15,16);1H/t9-;/m0./s1. The van der Waals surface area contributed by atoms with Crippen LogP contribution in [0.25, 0.3) is 0 Å². The van der Waals surface area contributed by atoms with Crippen LogP contribution in [0.5, 0.6) is 0 Å². The number of aromatic nitrogens is 2. The van der Waals surface area contributed by atoms with Crippen molar-refractivity contribution in [3.63, 3.8) is 0 Å². The topological polar surface area (TPSA) is 80.9 Å². The largest absolute Gasteiger partial charge is 0.320 e. The van der Waals surface area contributed by atoms with E-state index < -0.39 is 6.04 Å². The van der Waals surface area contributed by atoms with E-state index in [-0.39, 0.29) is 18.3 Å². The minimum atomic E-state index is -0.582. The summed E-state index contributed by atoms with van der Waals surface area (Å²) in [6.45, 7) is 0. The molecule has 2 rings (SSSR count). The van der Waals surface area contributed by atoms with Gasteiger partial charge in [0.15, 0.2) is 0 Å². The van der Waals surface area contributed by atoms with Crippen molar-refractivity contribution >= 4 is 34.8 Å². The van der Waals surface area contributed by atoms with Gasteiger partial charge in [-0.05, 0) is 12.0 Å². The first-order chi connectivity index (χ1) is 8.25. The summed E-state index contributed by atoms with van der Waals surface area (Å²) in [5.41, 5.74) is 8.40. The van der Waals surface area contributed by atoms with Gasteiger partial charge in [0.25, 0.3) is 0 Å². The number of hydrogen-bond donors (Lipinski definition) is 2. The Morgan fingerprint density at radius 3 is 2.72 bits per heavy atom. The third-order valence-electron chi connectivity index (χ3n) is 2.23. The van der Waals surface area contributed by atoms with Crippen LogP contribution in [0.3, 0.4) is 0 Å². The fourth-order valence-corrected chi connectivity index (χ4v) is 1.83. The van der Waals surface area contributed by atoms with Crippen LogP contribution in [-0.4, -0.2) is 22.1 Å². The Morgan fingerprint density at radius 2 is 2.11 bits per heavy atom. The molecule has 0 radical (unpaired) electrons. The van der Waals surface area contributed by atoms with E-state index in [1.165, 1.54) is 11.3 Å². The van der Waals surface area contributed by atoms with Gasteiger partial charge in [-0.15, -0.1) is 22.6 Å². The van der Waals surface area contributed by atoms with Gasteiger partial charge in [-0.1, -0.05) is 41.7 Å². The van der Waals surface area contributed by atoms with Gasteiger partial charge in [-0.25, -0.2) is 0 Å². The van der Waals surface area contributed by atoms with Crippen LogP contribution < -0.4 is 11.1 Å². The smallest absolute Gasteiger partial charge is 0.243 e. The van der Waals surface area contributed by atoms with Gasteiger partial charge >= 0.3 is 0 Å². The van der Waals surface area contributed by atoms with E-state index in [2.05, 4.69) is 15.5 Å². The van der Waals surface area contributed by atoms with Crippen molar-refractivity contribution in [3.05, 3.63) is 41.4 Å². The lowest BCUT2D eigenvalue weighted by Crippen LogP contribution is -2.37. The normalized spacial score (nSPS) is 11.4. The van der Waals surface area contributed by atoms with Crippen molar-refractivity contribution in [2.75, 3.05) is 5.32 Å². The second kappa shape index (κ2) is 7.05. The summed E-state index contributed by atoms with van der Waals surface area (Å²) in [6.07, 6.45) is 0.505. The predicted molar refractivity (Wildman–Crippen MR) is 73.9 cm³/mol.